The van der Waals surface area contributed by atoms with Crippen LogP contribution in [0, 0.1) is 19.3 Å². The number of ether oxygens (including phenoxy) is 1. The minimum atomic E-state index is 0.0852. The molecule has 7 aromatic rings. The van der Waals surface area contributed by atoms with E-state index in [1.807, 2.05) is 30.5 Å². The maximum Gasteiger partial charge on any atom is 0.137 e. The largest absolute Gasteiger partial charge is 0.457 e. The Morgan fingerprint density at radius 3 is 2.25 bits per heavy atom. The molecule has 44 heavy (non-hydrogen) atoms. The van der Waals surface area contributed by atoms with Crippen molar-refractivity contribution >= 4 is 21.8 Å². The van der Waals surface area contributed by atoms with Gasteiger partial charge in [-0.15, -0.1) is 0 Å². The lowest BCUT2D eigenvalue weighted by Crippen LogP contribution is -2.14. The van der Waals surface area contributed by atoms with E-state index in [0.29, 0.717) is 0 Å². The molecule has 4 aromatic carbocycles. The first-order valence-electron chi connectivity index (χ1n) is 15.1. The van der Waals surface area contributed by atoms with Gasteiger partial charge in [0.2, 0.25) is 0 Å². The van der Waals surface area contributed by atoms with Crippen LogP contribution in [0.1, 0.15) is 37.7 Å². The average molecular weight is 577 g/mol. The highest BCUT2D eigenvalue weighted by molar-refractivity contribution is 6.09. The Hall–Kier alpha value is -5.16. The molecule has 0 unspecified atom stereocenters. The lowest BCUT2D eigenvalue weighted by Gasteiger charge is -2.21. The Bertz CT molecular complexity index is 2130. The Kier molecular flexibility index (Phi) is 6.81. The summed E-state index contributed by atoms with van der Waals surface area (Å²) in [4.78, 5) is 4.72. The second-order valence-electron chi connectivity index (χ2n) is 12.7. The van der Waals surface area contributed by atoms with E-state index in [0.717, 1.165) is 51.5 Å². The van der Waals surface area contributed by atoms with Gasteiger partial charge in [0, 0.05) is 34.7 Å². The van der Waals surface area contributed by atoms with Crippen LogP contribution in [0.3, 0.4) is 0 Å². The molecular formula is C39H36N4O. The number of nitrogens with zero attached hydrogens (tertiary/aromatic N) is 4. The molecule has 0 spiro atoms. The summed E-state index contributed by atoms with van der Waals surface area (Å²) in [5.41, 5.74) is 9.02. The van der Waals surface area contributed by atoms with Crippen LogP contribution >= 0.6 is 0 Å². The molecule has 3 heterocycles. The fourth-order valence-electron chi connectivity index (χ4n) is 6.15. The van der Waals surface area contributed by atoms with Crippen molar-refractivity contribution in [3.8, 4) is 34.1 Å². The van der Waals surface area contributed by atoms with Gasteiger partial charge in [-0.3, -0.25) is 4.57 Å². The first-order chi connectivity index (χ1) is 21.2. The predicted molar refractivity (Wildman–Crippen MR) is 180 cm³/mol. The smallest absolute Gasteiger partial charge is 0.137 e. The van der Waals surface area contributed by atoms with Crippen LogP contribution in [0.5, 0.6) is 11.5 Å². The number of para-hydroxylation sites is 1. The van der Waals surface area contributed by atoms with Crippen molar-refractivity contribution in [1.82, 2.24) is 19.3 Å². The van der Waals surface area contributed by atoms with Gasteiger partial charge in [-0.05, 0) is 79.3 Å². The highest BCUT2D eigenvalue weighted by Crippen LogP contribution is 2.37. The number of hydrogen-bond acceptors (Lipinski definition) is 3. The van der Waals surface area contributed by atoms with Crippen molar-refractivity contribution in [2.45, 2.75) is 41.0 Å². The lowest BCUT2D eigenvalue weighted by molar-refractivity contribution is 0.402. The standard InChI is InChI=1S/C39H36N4O/c1-26-20-21-40-37(22-26)42-34-17-10-9-16-32(34)33-19-18-31(24-35(33)42)44-30-15-11-14-29(23-30)43-36(25-39(3,4)5)38(27(2)41-43)28-12-7-6-8-13-28/h6-24H,25H2,1-5H3. The predicted octanol–water partition coefficient (Wildman–Crippen LogP) is 10.0. The van der Waals surface area contributed by atoms with E-state index in [1.165, 1.54) is 27.8 Å². The van der Waals surface area contributed by atoms with Gasteiger partial charge >= 0.3 is 0 Å². The number of hydrogen-bond donors (Lipinski definition) is 0. The monoisotopic (exact) mass is 576 g/mol. The van der Waals surface area contributed by atoms with E-state index >= 15 is 0 Å². The van der Waals surface area contributed by atoms with Gasteiger partial charge in [-0.25, -0.2) is 9.67 Å². The van der Waals surface area contributed by atoms with Crippen molar-refractivity contribution in [2.75, 3.05) is 0 Å². The van der Waals surface area contributed by atoms with Crippen molar-refractivity contribution in [3.05, 3.63) is 132 Å². The Morgan fingerprint density at radius 2 is 1.45 bits per heavy atom. The zero-order valence-electron chi connectivity index (χ0n) is 25.9. The molecule has 5 heteroatoms. The van der Waals surface area contributed by atoms with E-state index in [9.17, 15) is 0 Å². The van der Waals surface area contributed by atoms with Gasteiger partial charge in [-0.1, -0.05) is 75.4 Å². The summed E-state index contributed by atoms with van der Waals surface area (Å²) < 4.78 is 10.9. The van der Waals surface area contributed by atoms with Crippen LogP contribution in [0.2, 0.25) is 0 Å². The minimum Gasteiger partial charge on any atom is -0.457 e. The molecule has 0 radical (unpaired) electrons. The third kappa shape index (κ3) is 5.15. The van der Waals surface area contributed by atoms with Gasteiger partial charge in [0.1, 0.15) is 17.3 Å². The summed E-state index contributed by atoms with van der Waals surface area (Å²) in [6, 6.07) is 37.7. The van der Waals surface area contributed by atoms with Crippen molar-refractivity contribution in [2.24, 2.45) is 5.41 Å². The van der Waals surface area contributed by atoms with Crippen LogP contribution in [0.25, 0.3) is 44.4 Å². The maximum atomic E-state index is 6.55. The van der Waals surface area contributed by atoms with E-state index in [2.05, 4.69) is 129 Å². The van der Waals surface area contributed by atoms with Crippen LogP contribution in [0.4, 0.5) is 0 Å². The number of benzene rings is 4. The first-order valence-corrected chi connectivity index (χ1v) is 15.1. The summed E-state index contributed by atoms with van der Waals surface area (Å²) in [6.45, 7) is 11.0. The second kappa shape index (κ2) is 10.8. The fourth-order valence-corrected chi connectivity index (χ4v) is 6.15. The van der Waals surface area contributed by atoms with Crippen LogP contribution in [-0.4, -0.2) is 19.3 Å². The highest BCUT2D eigenvalue weighted by atomic mass is 16.5. The molecule has 218 valence electrons. The quantitative estimate of drug-likeness (QED) is 0.198. The van der Waals surface area contributed by atoms with Gasteiger partial charge in [-0.2, -0.15) is 5.10 Å². The van der Waals surface area contributed by atoms with E-state index < -0.39 is 0 Å². The van der Waals surface area contributed by atoms with E-state index in [1.54, 1.807) is 0 Å². The molecule has 0 amide bonds. The molecular weight excluding hydrogens is 540 g/mol. The molecule has 0 bridgehead atoms. The average Bonchev–Trinajstić information content (AvgIpc) is 3.50. The van der Waals surface area contributed by atoms with E-state index in [-0.39, 0.29) is 5.41 Å². The summed E-state index contributed by atoms with van der Waals surface area (Å²) in [7, 11) is 0. The molecule has 0 fully saturated rings. The van der Waals surface area contributed by atoms with Gasteiger partial charge in [0.25, 0.3) is 0 Å². The number of pyridine rings is 1. The highest BCUT2D eigenvalue weighted by Gasteiger charge is 2.23. The molecule has 0 aliphatic heterocycles. The zero-order chi connectivity index (χ0) is 30.4. The fraction of sp³-hybridized carbons (Fsp3) is 0.179. The molecule has 0 N–H and O–H groups in total. The summed E-state index contributed by atoms with van der Waals surface area (Å²) in [5, 5.41) is 7.41. The van der Waals surface area contributed by atoms with Crippen LogP contribution in [-0.2, 0) is 6.42 Å². The van der Waals surface area contributed by atoms with Gasteiger partial charge in [0.15, 0.2) is 0 Å². The zero-order valence-corrected chi connectivity index (χ0v) is 25.9. The molecule has 0 atom stereocenters. The summed E-state index contributed by atoms with van der Waals surface area (Å²) in [5.74, 6) is 2.42. The van der Waals surface area contributed by atoms with Gasteiger partial charge < -0.3 is 4.74 Å². The Balaban J connectivity index is 1.30. The topological polar surface area (TPSA) is 44.9 Å². The molecule has 3 aromatic heterocycles. The first kappa shape index (κ1) is 27.7. The number of aryl methyl sites for hydroxylation is 2. The van der Waals surface area contributed by atoms with Crippen molar-refractivity contribution < 1.29 is 4.74 Å². The number of rotatable bonds is 6. The van der Waals surface area contributed by atoms with Crippen LogP contribution in [0.15, 0.2) is 115 Å². The minimum absolute atomic E-state index is 0.0852. The lowest BCUT2D eigenvalue weighted by atomic mass is 9.87. The number of fused-ring (bicyclic) bond motifs is 3. The normalized spacial score (nSPS) is 11.8. The molecule has 0 aliphatic rings. The summed E-state index contributed by atoms with van der Waals surface area (Å²) in [6.07, 6.45) is 2.75. The van der Waals surface area contributed by atoms with E-state index in [4.69, 9.17) is 14.8 Å². The molecule has 5 nitrogen and oxygen atoms in total. The second-order valence-corrected chi connectivity index (χ2v) is 12.7. The van der Waals surface area contributed by atoms with Crippen molar-refractivity contribution in [3.63, 3.8) is 0 Å². The Labute approximate surface area is 258 Å². The SMILES string of the molecule is Cc1ccnc(-n2c3ccccc3c3ccc(Oc4cccc(-n5nc(C)c(-c6ccccc6)c5CC(C)(C)C)c4)cc32)c1. The molecule has 0 aliphatic carbocycles. The Morgan fingerprint density at radius 1 is 0.705 bits per heavy atom. The molecule has 0 saturated heterocycles. The third-order valence-corrected chi connectivity index (χ3v) is 7.99. The number of aromatic nitrogens is 4. The maximum absolute atomic E-state index is 6.55. The van der Waals surface area contributed by atoms with Crippen molar-refractivity contribution in [1.29, 1.82) is 0 Å². The van der Waals surface area contributed by atoms with Crippen LogP contribution < -0.4 is 4.74 Å². The third-order valence-electron chi connectivity index (χ3n) is 7.99. The molecule has 7 rings (SSSR count). The summed E-state index contributed by atoms with van der Waals surface area (Å²) >= 11 is 0. The molecule has 0 saturated carbocycles. The van der Waals surface area contributed by atoms with Gasteiger partial charge in [0.05, 0.1) is 28.1 Å².